The molecule has 0 spiro atoms. The first-order valence-electron chi connectivity index (χ1n) is 7.25. The molecule has 0 amide bonds. The van der Waals surface area contributed by atoms with Crippen LogP contribution in [0.2, 0.25) is 0 Å². The van der Waals surface area contributed by atoms with Crippen molar-refractivity contribution in [2.24, 2.45) is 0 Å². The zero-order chi connectivity index (χ0) is 24.9. The SMILES string of the molecule is O=[N+]([O-])c1cc([N+](=O)[O-])c([O-])c([N+](=O)[O-])c1.O=[N+]([O-])c1cc([N+](=O)[O-])c([O-])c([N+](=O)[O-])c1.[Ag+].[Ag+]. The van der Waals surface area contributed by atoms with Crippen molar-refractivity contribution in [2.45, 2.75) is 0 Å². The number of nitro groups is 6. The van der Waals surface area contributed by atoms with Crippen molar-refractivity contribution < 1.29 is 84.5 Å². The monoisotopic (exact) mass is 670 g/mol. The fraction of sp³-hybridized carbons (Fsp3) is 0. The van der Waals surface area contributed by atoms with E-state index in [1.807, 2.05) is 0 Å². The molecule has 188 valence electrons. The van der Waals surface area contributed by atoms with Crippen LogP contribution in [0.15, 0.2) is 24.3 Å². The van der Waals surface area contributed by atoms with Gasteiger partial charge in [0.25, 0.3) is 34.1 Å². The van der Waals surface area contributed by atoms with Crippen LogP contribution in [-0.4, -0.2) is 29.5 Å². The Morgan fingerprint density at radius 1 is 0.412 bits per heavy atom. The van der Waals surface area contributed by atoms with Crippen LogP contribution in [0, 0.1) is 60.7 Å². The third-order valence-electron chi connectivity index (χ3n) is 3.28. The molecule has 0 aromatic heterocycles. The molecular weight excluding hydrogens is 668 g/mol. The van der Waals surface area contributed by atoms with E-state index in [0.717, 1.165) is 0 Å². The number of nitro benzene ring substituents is 6. The van der Waals surface area contributed by atoms with E-state index < -0.39 is 75.2 Å². The van der Waals surface area contributed by atoms with E-state index in [1.54, 1.807) is 0 Å². The molecule has 34 heavy (non-hydrogen) atoms. The number of nitrogens with zero attached hydrogens (tertiary/aromatic N) is 6. The Balaban J connectivity index is 0. The summed E-state index contributed by atoms with van der Waals surface area (Å²) in [5.41, 5.74) is -6.53. The molecule has 0 aliphatic carbocycles. The molecule has 0 atom stereocenters. The minimum atomic E-state index is -1.46. The van der Waals surface area contributed by atoms with Gasteiger partial charge in [-0.15, -0.1) is 0 Å². The molecule has 0 saturated heterocycles. The van der Waals surface area contributed by atoms with Crippen molar-refractivity contribution in [3.05, 3.63) is 85.0 Å². The summed E-state index contributed by atoms with van der Waals surface area (Å²) in [5, 5.41) is 84.2. The summed E-state index contributed by atoms with van der Waals surface area (Å²) >= 11 is 0. The second-order valence-corrected chi connectivity index (χ2v) is 5.17. The number of non-ortho nitro benzene ring substituents is 2. The summed E-state index contributed by atoms with van der Waals surface area (Å²) in [6.45, 7) is 0. The topological polar surface area (TPSA) is 305 Å². The second-order valence-electron chi connectivity index (χ2n) is 5.17. The Hall–Kier alpha value is -4.08. The van der Waals surface area contributed by atoms with Crippen LogP contribution in [0.5, 0.6) is 11.5 Å². The maximum absolute atomic E-state index is 11.1. The summed E-state index contributed by atoms with van der Waals surface area (Å²) in [7, 11) is 0. The molecule has 0 heterocycles. The summed E-state index contributed by atoms with van der Waals surface area (Å²) in [5.74, 6) is -2.92. The van der Waals surface area contributed by atoms with Gasteiger partial charge in [0.1, 0.15) is 0 Å². The van der Waals surface area contributed by atoms with Crippen molar-refractivity contribution in [1.29, 1.82) is 0 Å². The second kappa shape index (κ2) is 12.8. The van der Waals surface area contributed by atoms with Gasteiger partial charge in [-0.2, -0.15) is 0 Å². The standard InChI is InChI=1S/2C6H3N3O7.2Ag/c2*10-6-4(8(13)14)1-3(7(11)12)2-5(6)9(15)16;;/h2*1-2,10H;;/q;;2*+1/p-2. The van der Waals surface area contributed by atoms with Gasteiger partial charge in [0, 0.05) is 0 Å². The predicted octanol–water partition coefficient (Wildman–Crippen LogP) is 0.965. The van der Waals surface area contributed by atoms with Crippen LogP contribution in [-0.2, 0) is 44.8 Å². The molecule has 0 aliphatic rings. The van der Waals surface area contributed by atoms with E-state index in [2.05, 4.69) is 0 Å². The Morgan fingerprint density at radius 2 is 0.588 bits per heavy atom. The van der Waals surface area contributed by atoms with Crippen LogP contribution in [0.25, 0.3) is 0 Å². The third-order valence-corrected chi connectivity index (χ3v) is 3.28. The molecule has 2 aromatic carbocycles. The fourth-order valence-corrected chi connectivity index (χ4v) is 1.92. The summed E-state index contributed by atoms with van der Waals surface area (Å²) < 4.78 is 0. The molecule has 20 nitrogen and oxygen atoms in total. The van der Waals surface area contributed by atoms with Gasteiger partial charge in [0.15, 0.2) is 0 Å². The van der Waals surface area contributed by atoms with E-state index in [0.29, 0.717) is 24.3 Å². The molecule has 0 radical (unpaired) electrons. The summed E-state index contributed by atoms with van der Waals surface area (Å²) in [4.78, 5) is 55.0. The Labute approximate surface area is 214 Å². The quantitative estimate of drug-likeness (QED) is 0.235. The number of benzene rings is 2. The molecular formula is C12H4Ag2N6O14. The Morgan fingerprint density at radius 3 is 0.706 bits per heavy atom. The van der Waals surface area contributed by atoms with Gasteiger partial charge in [-0.25, -0.2) is 0 Å². The number of hydrogen-bond acceptors (Lipinski definition) is 14. The fourth-order valence-electron chi connectivity index (χ4n) is 1.92. The van der Waals surface area contributed by atoms with Gasteiger partial charge in [0.05, 0.1) is 65.3 Å². The third kappa shape index (κ3) is 7.51. The first-order chi connectivity index (χ1) is 14.7. The molecule has 0 unspecified atom stereocenters. The molecule has 2 rings (SSSR count). The molecule has 2 aromatic rings. The maximum Gasteiger partial charge on any atom is 1.00 e. The number of rotatable bonds is 6. The largest absolute Gasteiger partial charge is 1.00 e. The zero-order valence-corrected chi connectivity index (χ0v) is 18.3. The van der Waals surface area contributed by atoms with Crippen molar-refractivity contribution in [1.82, 2.24) is 0 Å². The van der Waals surface area contributed by atoms with Gasteiger partial charge >= 0.3 is 44.8 Å². The predicted molar refractivity (Wildman–Crippen MR) is 91.7 cm³/mol. The van der Waals surface area contributed by atoms with Crippen LogP contribution in [0.4, 0.5) is 34.1 Å². The first kappa shape index (κ1) is 32.1. The van der Waals surface area contributed by atoms with Crippen molar-refractivity contribution in [3.8, 4) is 11.5 Å². The molecule has 0 bridgehead atoms. The van der Waals surface area contributed by atoms with Crippen molar-refractivity contribution in [2.75, 3.05) is 0 Å². The maximum atomic E-state index is 11.1. The van der Waals surface area contributed by atoms with Gasteiger partial charge in [-0.3, -0.25) is 60.7 Å². The van der Waals surface area contributed by atoms with E-state index >= 15 is 0 Å². The van der Waals surface area contributed by atoms with E-state index in [1.165, 1.54) is 0 Å². The van der Waals surface area contributed by atoms with Crippen molar-refractivity contribution in [3.63, 3.8) is 0 Å². The zero-order valence-electron chi connectivity index (χ0n) is 15.3. The first-order valence-corrected chi connectivity index (χ1v) is 7.25. The summed E-state index contributed by atoms with van der Waals surface area (Å²) in [6, 6.07) is 1.54. The Bertz CT molecular complexity index is 1030. The van der Waals surface area contributed by atoms with Gasteiger partial charge in [-0.05, 0) is 0 Å². The minimum absolute atomic E-state index is 0. The summed E-state index contributed by atoms with van der Waals surface area (Å²) in [6.07, 6.45) is 0. The van der Waals surface area contributed by atoms with Gasteiger partial charge in [-0.1, -0.05) is 0 Å². The van der Waals surface area contributed by atoms with Gasteiger partial charge < -0.3 is 10.2 Å². The van der Waals surface area contributed by atoms with E-state index in [9.17, 15) is 70.9 Å². The van der Waals surface area contributed by atoms with Crippen LogP contribution in [0.1, 0.15) is 0 Å². The van der Waals surface area contributed by atoms with Crippen LogP contribution < -0.4 is 10.2 Å². The van der Waals surface area contributed by atoms with Crippen LogP contribution >= 0.6 is 0 Å². The van der Waals surface area contributed by atoms with E-state index in [-0.39, 0.29) is 44.8 Å². The molecule has 0 saturated carbocycles. The Kier molecular flexibility index (Phi) is 12.1. The van der Waals surface area contributed by atoms with Crippen LogP contribution in [0.3, 0.4) is 0 Å². The smallest absolute Gasteiger partial charge is 0.863 e. The van der Waals surface area contributed by atoms with Crippen molar-refractivity contribution >= 4 is 34.1 Å². The minimum Gasteiger partial charge on any atom is -0.863 e. The number of hydrogen-bond donors (Lipinski definition) is 0. The molecule has 22 heteroatoms. The molecule has 0 N–H and O–H groups in total. The average molecular weight is 672 g/mol. The average Bonchev–Trinajstić information content (AvgIpc) is 2.67. The molecule has 0 fully saturated rings. The van der Waals surface area contributed by atoms with E-state index in [4.69, 9.17) is 0 Å². The molecule has 0 aliphatic heterocycles. The van der Waals surface area contributed by atoms with Gasteiger partial charge in [0.2, 0.25) is 0 Å². The normalized spacial score (nSPS) is 9.18.